The number of likely N-dealkylation sites (tertiary alicyclic amines) is 1. The SMILES string of the molecule is CC1(C)CC(=O)N(CBr)C(=O)C1. The molecule has 1 aliphatic heterocycles. The van der Waals surface area contributed by atoms with Crippen LogP contribution in [0.1, 0.15) is 26.7 Å². The lowest BCUT2D eigenvalue weighted by Crippen LogP contribution is -2.45. The highest BCUT2D eigenvalue weighted by molar-refractivity contribution is 9.09. The van der Waals surface area contributed by atoms with E-state index in [2.05, 4.69) is 15.9 Å². The van der Waals surface area contributed by atoms with Crippen LogP contribution < -0.4 is 0 Å². The van der Waals surface area contributed by atoms with Gasteiger partial charge in [0, 0.05) is 12.8 Å². The van der Waals surface area contributed by atoms with Crippen LogP contribution in [0.2, 0.25) is 0 Å². The Morgan fingerprint density at radius 3 is 2.08 bits per heavy atom. The number of halogens is 1. The predicted molar refractivity (Wildman–Crippen MR) is 48.7 cm³/mol. The summed E-state index contributed by atoms with van der Waals surface area (Å²) in [6, 6.07) is 0. The highest BCUT2D eigenvalue weighted by Gasteiger charge is 2.36. The molecule has 1 fully saturated rings. The first-order valence-corrected chi connectivity index (χ1v) is 4.97. The summed E-state index contributed by atoms with van der Waals surface area (Å²) in [6.45, 7) is 3.88. The summed E-state index contributed by atoms with van der Waals surface area (Å²) in [5, 5.41) is 0. The van der Waals surface area contributed by atoms with Crippen molar-refractivity contribution in [2.24, 2.45) is 5.41 Å². The zero-order valence-electron chi connectivity index (χ0n) is 7.26. The van der Waals surface area contributed by atoms with Gasteiger partial charge in [0.2, 0.25) is 11.8 Å². The van der Waals surface area contributed by atoms with Gasteiger partial charge < -0.3 is 0 Å². The smallest absolute Gasteiger partial charge is 0.230 e. The maximum absolute atomic E-state index is 11.3. The van der Waals surface area contributed by atoms with Crippen molar-refractivity contribution in [1.82, 2.24) is 4.90 Å². The van der Waals surface area contributed by atoms with E-state index in [0.29, 0.717) is 18.3 Å². The van der Waals surface area contributed by atoms with E-state index in [-0.39, 0.29) is 17.2 Å². The Kier molecular flexibility index (Phi) is 2.56. The lowest BCUT2D eigenvalue weighted by atomic mass is 9.82. The van der Waals surface area contributed by atoms with Gasteiger partial charge in [-0.1, -0.05) is 29.8 Å². The van der Waals surface area contributed by atoms with Crippen molar-refractivity contribution < 1.29 is 9.59 Å². The van der Waals surface area contributed by atoms with Crippen LogP contribution >= 0.6 is 15.9 Å². The second kappa shape index (κ2) is 3.17. The number of piperidine rings is 1. The lowest BCUT2D eigenvalue weighted by molar-refractivity contribution is -0.150. The highest BCUT2D eigenvalue weighted by Crippen LogP contribution is 2.31. The molecule has 2 amide bonds. The Labute approximate surface area is 80.2 Å². The number of hydrogen-bond donors (Lipinski definition) is 0. The fraction of sp³-hybridized carbons (Fsp3) is 0.750. The minimum atomic E-state index is -0.160. The van der Waals surface area contributed by atoms with Crippen molar-refractivity contribution >= 4 is 27.7 Å². The van der Waals surface area contributed by atoms with E-state index in [1.165, 1.54) is 4.90 Å². The molecule has 0 aromatic rings. The molecule has 4 heteroatoms. The first kappa shape index (κ1) is 9.71. The Bertz CT molecular complexity index is 205. The molecule has 12 heavy (non-hydrogen) atoms. The standard InChI is InChI=1S/C8H12BrNO2/c1-8(2)3-6(11)10(5-9)7(12)4-8/h3-5H2,1-2H3. The normalized spacial score (nSPS) is 23.1. The van der Waals surface area contributed by atoms with Gasteiger partial charge in [-0.15, -0.1) is 0 Å². The quantitative estimate of drug-likeness (QED) is 0.392. The Morgan fingerprint density at radius 2 is 1.75 bits per heavy atom. The molecule has 3 nitrogen and oxygen atoms in total. The third-order valence-electron chi connectivity index (χ3n) is 1.98. The number of hydrogen-bond acceptors (Lipinski definition) is 2. The number of carbonyl (C=O) groups excluding carboxylic acids is 2. The van der Waals surface area contributed by atoms with Gasteiger partial charge in [-0.2, -0.15) is 0 Å². The fourth-order valence-corrected chi connectivity index (χ4v) is 1.90. The van der Waals surface area contributed by atoms with Crippen LogP contribution in [-0.2, 0) is 9.59 Å². The molecular formula is C8H12BrNO2. The molecule has 0 aliphatic carbocycles. The van der Waals surface area contributed by atoms with E-state index in [0.717, 1.165) is 0 Å². The van der Waals surface area contributed by atoms with Gasteiger partial charge in [-0.05, 0) is 5.41 Å². The van der Waals surface area contributed by atoms with Crippen molar-refractivity contribution in [3.63, 3.8) is 0 Å². The summed E-state index contributed by atoms with van der Waals surface area (Å²) in [7, 11) is 0. The summed E-state index contributed by atoms with van der Waals surface area (Å²) in [4.78, 5) is 23.9. The summed E-state index contributed by atoms with van der Waals surface area (Å²) in [6.07, 6.45) is 0.925. The number of rotatable bonds is 1. The molecule has 0 spiro atoms. The average molecular weight is 234 g/mol. The summed E-state index contributed by atoms with van der Waals surface area (Å²) >= 11 is 3.11. The third kappa shape index (κ3) is 1.86. The summed E-state index contributed by atoms with van der Waals surface area (Å²) < 4.78 is 0. The van der Waals surface area contributed by atoms with Gasteiger partial charge in [0.15, 0.2) is 0 Å². The molecule has 0 unspecified atom stereocenters. The zero-order chi connectivity index (χ0) is 9.35. The van der Waals surface area contributed by atoms with E-state index in [4.69, 9.17) is 0 Å². The van der Waals surface area contributed by atoms with E-state index in [1.54, 1.807) is 0 Å². The van der Waals surface area contributed by atoms with E-state index in [9.17, 15) is 9.59 Å². The van der Waals surface area contributed by atoms with Crippen molar-refractivity contribution in [2.45, 2.75) is 26.7 Å². The van der Waals surface area contributed by atoms with Crippen LogP contribution in [0.15, 0.2) is 0 Å². The highest BCUT2D eigenvalue weighted by atomic mass is 79.9. The second-order valence-electron chi connectivity index (χ2n) is 3.85. The minimum Gasteiger partial charge on any atom is -0.274 e. The number of imide groups is 1. The van der Waals surface area contributed by atoms with Gasteiger partial charge in [-0.3, -0.25) is 14.5 Å². The molecule has 0 aromatic heterocycles. The lowest BCUT2D eigenvalue weighted by Gasteiger charge is -2.33. The number of nitrogens with zero attached hydrogens (tertiary/aromatic N) is 1. The maximum Gasteiger partial charge on any atom is 0.230 e. The molecular weight excluding hydrogens is 222 g/mol. The van der Waals surface area contributed by atoms with Gasteiger partial charge in [0.1, 0.15) is 0 Å². The summed E-state index contributed by atoms with van der Waals surface area (Å²) in [5.41, 5.74) is 0.160. The van der Waals surface area contributed by atoms with Crippen LogP contribution in [0.3, 0.4) is 0 Å². The van der Waals surface area contributed by atoms with E-state index >= 15 is 0 Å². The van der Waals surface area contributed by atoms with E-state index < -0.39 is 0 Å². The molecule has 1 aliphatic rings. The van der Waals surface area contributed by atoms with E-state index in [1.807, 2.05) is 13.8 Å². The molecule has 1 heterocycles. The van der Waals surface area contributed by atoms with Crippen LogP contribution in [-0.4, -0.2) is 22.2 Å². The first-order chi connectivity index (χ1) is 5.46. The molecule has 1 saturated heterocycles. The average Bonchev–Trinajstić information content (AvgIpc) is 1.82. The van der Waals surface area contributed by atoms with Gasteiger partial charge >= 0.3 is 0 Å². The molecule has 0 bridgehead atoms. The third-order valence-corrected chi connectivity index (χ3v) is 2.48. The minimum absolute atomic E-state index is 0.0758. The maximum atomic E-state index is 11.3. The predicted octanol–water partition coefficient (Wildman–Crippen LogP) is 1.51. The second-order valence-corrected chi connectivity index (χ2v) is 4.35. The molecule has 68 valence electrons. The number of amides is 2. The monoisotopic (exact) mass is 233 g/mol. The Balaban J connectivity index is 2.77. The fourth-order valence-electron chi connectivity index (χ4n) is 1.34. The Morgan fingerprint density at radius 1 is 1.33 bits per heavy atom. The van der Waals surface area contributed by atoms with Gasteiger partial charge in [0.05, 0.1) is 5.45 Å². The van der Waals surface area contributed by atoms with Crippen molar-refractivity contribution in [2.75, 3.05) is 5.45 Å². The summed E-state index contributed by atoms with van der Waals surface area (Å²) in [5.74, 6) is -0.152. The molecule has 0 aromatic carbocycles. The van der Waals surface area contributed by atoms with Gasteiger partial charge in [-0.25, -0.2) is 0 Å². The van der Waals surface area contributed by atoms with Crippen molar-refractivity contribution in [1.29, 1.82) is 0 Å². The van der Waals surface area contributed by atoms with Crippen LogP contribution in [0.4, 0.5) is 0 Å². The van der Waals surface area contributed by atoms with Crippen LogP contribution in [0.5, 0.6) is 0 Å². The molecule has 0 atom stereocenters. The molecule has 0 saturated carbocycles. The van der Waals surface area contributed by atoms with Crippen LogP contribution in [0.25, 0.3) is 0 Å². The molecule has 0 N–H and O–H groups in total. The van der Waals surface area contributed by atoms with Crippen LogP contribution in [0, 0.1) is 5.41 Å². The van der Waals surface area contributed by atoms with Crippen molar-refractivity contribution in [3.05, 3.63) is 0 Å². The van der Waals surface area contributed by atoms with Gasteiger partial charge in [0.25, 0.3) is 0 Å². The Hall–Kier alpha value is -0.380. The molecule has 0 radical (unpaired) electrons. The first-order valence-electron chi connectivity index (χ1n) is 3.85. The largest absolute Gasteiger partial charge is 0.274 e. The number of carbonyl (C=O) groups is 2. The number of alkyl halides is 1. The zero-order valence-corrected chi connectivity index (χ0v) is 8.85. The topological polar surface area (TPSA) is 37.4 Å². The van der Waals surface area contributed by atoms with Crippen molar-refractivity contribution in [3.8, 4) is 0 Å². The molecule has 1 rings (SSSR count).